The zero-order valence-corrected chi connectivity index (χ0v) is 48.9. The number of nitrogens with zero attached hydrogens (tertiary/aromatic N) is 2. The van der Waals surface area contributed by atoms with E-state index < -0.39 is 0 Å². The fourth-order valence-corrected chi connectivity index (χ4v) is 21.9. The van der Waals surface area contributed by atoms with Gasteiger partial charge in [0.1, 0.15) is 11.2 Å². The van der Waals surface area contributed by atoms with E-state index in [4.69, 9.17) is 8.83 Å². The molecule has 4 bridgehead atoms. The first-order valence-corrected chi connectivity index (χ1v) is 32.7. The lowest BCUT2D eigenvalue weighted by molar-refractivity contribution is 0.0327. The van der Waals surface area contributed by atoms with Crippen molar-refractivity contribution >= 4 is 77.4 Å². The third-order valence-corrected chi connectivity index (χ3v) is 24.7. The smallest absolute Gasteiger partial charge is 0.179 e. The minimum atomic E-state index is 0.151. The van der Waals surface area contributed by atoms with Crippen LogP contribution in [0.3, 0.4) is 0 Å². The molecule has 19 rings (SSSR count). The predicted molar refractivity (Wildman–Crippen MR) is 342 cm³/mol. The summed E-state index contributed by atoms with van der Waals surface area (Å²) in [7, 11) is 0. The second-order valence-corrected chi connectivity index (χ2v) is 28.4. The van der Waals surface area contributed by atoms with E-state index in [0.29, 0.717) is 22.8 Å². The highest BCUT2D eigenvalue weighted by molar-refractivity contribution is 6.33. The second kappa shape index (κ2) is 17.3. The summed E-state index contributed by atoms with van der Waals surface area (Å²) in [4.78, 5) is 5.31. The number of allylic oxidation sites excluding steroid dienone is 13. The van der Waals surface area contributed by atoms with Crippen LogP contribution in [0.4, 0.5) is 22.7 Å². The summed E-state index contributed by atoms with van der Waals surface area (Å²) in [5.74, 6) is 4.07. The van der Waals surface area contributed by atoms with Gasteiger partial charge in [-0.05, 0) is 244 Å². The number of furan rings is 2. The van der Waals surface area contributed by atoms with Gasteiger partial charge in [0.2, 0.25) is 0 Å². The van der Waals surface area contributed by atoms with Crippen LogP contribution in [0.5, 0.6) is 0 Å². The molecule has 83 heavy (non-hydrogen) atoms. The van der Waals surface area contributed by atoms with Crippen molar-refractivity contribution in [3.8, 4) is 0 Å². The van der Waals surface area contributed by atoms with Crippen molar-refractivity contribution in [1.29, 1.82) is 0 Å². The topological polar surface area (TPSA) is 32.8 Å². The fourth-order valence-electron chi connectivity index (χ4n) is 21.9. The molecule has 2 aromatic heterocycles. The van der Waals surface area contributed by atoms with E-state index in [-0.39, 0.29) is 5.41 Å². The highest BCUT2D eigenvalue weighted by Crippen LogP contribution is 2.89. The van der Waals surface area contributed by atoms with Crippen LogP contribution in [-0.2, 0) is 0 Å². The van der Waals surface area contributed by atoms with Gasteiger partial charge in [-0.15, -0.1) is 0 Å². The van der Waals surface area contributed by atoms with Crippen LogP contribution in [0.25, 0.3) is 54.6 Å². The lowest BCUT2D eigenvalue weighted by Gasteiger charge is -2.55. The first-order chi connectivity index (χ1) is 40.8. The maximum atomic E-state index is 7.36. The summed E-state index contributed by atoms with van der Waals surface area (Å²) in [6.07, 6.45) is 37.4. The average Bonchev–Trinajstić information content (AvgIpc) is 1.47. The van der Waals surface area contributed by atoms with Gasteiger partial charge < -0.3 is 18.6 Å². The van der Waals surface area contributed by atoms with Gasteiger partial charge in [-0.2, -0.15) is 0 Å². The Hall–Kier alpha value is -7.04. The second-order valence-electron chi connectivity index (χ2n) is 28.4. The van der Waals surface area contributed by atoms with Gasteiger partial charge in [-0.1, -0.05) is 128 Å². The minimum absolute atomic E-state index is 0.151. The van der Waals surface area contributed by atoms with Crippen molar-refractivity contribution in [2.75, 3.05) is 9.80 Å². The lowest BCUT2D eigenvalue weighted by Crippen LogP contribution is -2.46. The molecule has 5 fully saturated rings. The fraction of sp³-hybridized carbons (Fsp3) is 0.392. The zero-order valence-electron chi connectivity index (χ0n) is 48.9. The van der Waals surface area contributed by atoms with E-state index >= 15 is 0 Å². The summed E-state index contributed by atoms with van der Waals surface area (Å²) in [6.45, 7) is 7.06. The van der Waals surface area contributed by atoms with Crippen LogP contribution in [0.2, 0.25) is 0 Å². The van der Waals surface area contributed by atoms with Crippen molar-refractivity contribution in [3.05, 3.63) is 201 Å². The number of aryl methyl sites for hydroxylation is 2. The maximum absolute atomic E-state index is 7.36. The standard InChI is InChI=1S/C79H76N2O2/c1-46-21-25-52(26-22-46)80(54-29-33-60-58-15-6-8-19-66(58)78(68(60)41-54)48(3)38-49-12-10-14-51(78)39-49)56-31-35-64-70(43-56)82-75-73(64)62-17-4-5-18-63(62)74-65-36-32-57(44-71(65)83-76(74)75)81(53-27-23-47(2)24-28-53)55-30-34-61-59-16-7-9-20-67(59)79(69(61)42-55)72-40-50-13-11-37-77(72,79)45-50/h4-6,9,15,17-18,20-28,31-32,35-36,41,43-44,48-51,55,72H,7-8,10-14,16,19,29-30,33-34,37-40,42,45H2,1-3H3. The maximum Gasteiger partial charge on any atom is 0.179 e. The van der Waals surface area contributed by atoms with Crippen LogP contribution >= 0.6 is 0 Å². The Labute approximate surface area is 489 Å². The molecule has 2 heterocycles. The summed E-state index contributed by atoms with van der Waals surface area (Å²) in [5, 5.41) is 6.97. The summed E-state index contributed by atoms with van der Waals surface area (Å²) in [6, 6.07) is 42.2. The van der Waals surface area contributed by atoms with Gasteiger partial charge >= 0.3 is 0 Å². The van der Waals surface area contributed by atoms with Crippen molar-refractivity contribution in [1.82, 2.24) is 0 Å². The van der Waals surface area contributed by atoms with Crippen LogP contribution in [0.15, 0.2) is 199 Å². The van der Waals surface area contributed by atoms with Gasteiger partial charge in [0.25, 0.3) is 0 Å². The zero-order chi connectivity index (χ0) is 54.7. The SMILES string of the molecule is Cc1ccc(N(C2=CC3=C(CC2)C2=C(CCC=C2)C32C(C)CC3CCCC2C3)c2ccc3c(c2)oc2c4oc5cc(N(c6ccc(C)cc6)C6CCC7=C(C6)C6(C8=C7CCC=C8)C7CC8CCCC76C8)ccc5c4c4ccccc4c32)cc1. The Morgan fingerprint density at radius 3 is 2.04 bits per heavy atom. The van der Waals surface area contributed by atoms with Crippen molar-refractivity contribution < 1.29 is 8.83 Å². The molecule has 0 amide bonds. The molecule has 6 aromatic carbocycles. The number of hydrogen-bond acceptors (Lipinski definition) is 4. The van der Waals surface area contributed by atoms with Gasteiger partial charge in [-0.25, -0.2) is 0 Å². The molecule has 9 unspecified atom stereocenters. The molecule has 0 N–H and O–H groups in total. The van der Waals surface area contributed by atoms with Gasteiger partial charge in [0, 0.05) is 79.0 Å². The van der Waals surface area contributed by atoms with Crippen LogP contribution in [0.1, 0.15) is 140 Å². The van der Waals surface area contributed by atoms with Gasteiger partial charge in [0.05, 0.1) is 0 Å². The molecule has 9 atom stereocenters. The van der Waals surface area contributed by atoms with Gasteiger partial charge in [0.15, 0.2) is 11.2 Å². The van der Waals surface area contributed by atoms with Crippen molar-refractivity contribution in [2.24, 2.45) is 45.8 Å². The Kier molecular flexibility index (Phi) is 10.1. The first-order valence-electron chi connectivity index (χ1n) is 32.7. The third kappa shape index (κ3) is 6.34. The number of hydrogen-bond donors (Lipinski definition) is 0. The summed E-state index contributed by atoms with van der Waals surface area (Å²) >= 11 is 0. The summed E-state index contributed by atoms with van der Waals surface area (Å²) < 4.78 is 14.7. The molecule has 0 saturated heterocycles. The van der Waals surface area contributed by atoms with E-state index in [0.717, 1.165) is 98.9 Å². The molecule has 4 heteroatoms. The lowest BCUT2D eigenvalue weighted by atomic mass is 9.49. The van der Waals surface area contributed by atoms with E-state index in [1.54, 1.807) is 39.0 Å². The molecule has 8 aromatic rings. The molecular weight excluding hydrogens is 1010 g/mol. The monoisotopic (exact) mass is 1080 g/mol. The highest BCUT2D eigenvalue weighted by Gasteiger charge is 2.82. The Morgan fingerprint density at radius 1 is 0.554 bits per heavy atom. The predicted octanol–water partition coefficient (Wildman–Crippen LogP) is 21.7. The van der Waals surface area contributed by atoms with E-state index in [9.17, 15) is 0 Å². The Balaban J connectivity index is 0.737. The minimum Gasteiger partial charge on any atom is -0.452 e. The quantitative estimate of drug-likeness (QED) is 0.166. The third-order valence-electron chi connectivity index (χ3n) is 24.7. The molecule has 5 saturated carbocycles. The van der Waals surface area contributed by atoms with Crippen LogP contribution in [-0.4, -0.2) is 6.04 Å². The molecule has 11 aliphatic rings. The van der Waals surface area contributed by atoms with Crippen LogP contribution in [0, 0.1) is 59.7 Å². The number of anilines is 4. The Morgan fingerprint density at radius 2 is 1.25 bits per heavy atom. The van der Waals surface area contributed by atoms with Crippen molar-refractivity contribution in [2.45, 2.75) is 149 Å². The Bertz CT molecular complexity index is 4410. The van der Waals surface area contributed by atoms with E-state index in [2.05, 4.69) is 170 Å². The average molecular weight is 1090 g/mol. The summed E-state index contributed by atoms with van der Waals surface area (Å²) in [5.41, 5.74) is 27.2. The van der Waals surface area contributed by atoms with E-state index in [1.165, 1.54) is 141 Å². The van der Waals surface area contributed by atoms with E-state index in [1.807, 2.05) is 5.57 Å². The molecule has 0 aliphatic heterocycles. The molecule has 4 nitrogen and oxygen atoms in total. The first kappa shape index (κ1) is 48.3. The van der Waals surface area contributed by atoms with Crippen LogP contribution < -0.4 is 9.80 Å². The normalized spacial score (nSPS) is 31.0. The molecule has 0 radical (unpaired) electrons. The van der Waals surface area contributed by atoms with Crippen molar-refractivity contribution in [3.63, 3.8) is 0 Å². The number of benzene rings is 6. The highest BCUT2D eigenvalue weighted by atomic mass is 16.4. The number of rotatable bonds is 6. The number of fused-ring (bicyclic) bond motifs is 21. The molecule has 3 spiro atoms. The molecular formula is C79H76N2O2. The van der Waals surface area contributed by atoms with Gasteiger partial charge in [-0.3, -0.25) is 0 Å². The molecule has 11 aliphatic carbocycles. The largest absolute Gasteiger partial charge is 0.452 e. The molecule has 414 valence electrons.